The highest BCUT2D eigenvalue weighted by Gasteiger charge is 0.932. The molecule has 0 aliphatic heterocycles. The lowest BCUT2D eigenvalue weighted by Gasteiger charge is -1.16. The van der Waals surface area contributed by atoms with Crippen LogP contribution in [0.25, 0.3) is 5.53 Å². The van der Waals surface area contributed by atoms with E-state index < -0.39 is 0 Å². The third-order valence-electron chi connectivity index (χ3n) is 0. The van der Waals surface area contributed by atoms with Crippen molar-refractivity contribution in [1.82, 2.24) is 0 Å². The molecule has 0 aliphatic rings. The van der Waals surface area contributed by atoms with Gasteiger partial charge in [0, 0.05) is 0 Å². The van der Waals surface area contributed by atoms with E-state index in [4.69, 9.17) is 5.53 Å². The van der Waals surface area contributed by atoms with Gasteiger partial charge in [0.2, 0.25) is 6.72 Å². The van der Waals surface area contributed by atoms with Gasteiger partial charge in [-0.25, -0.2) is 0 Å². The molecule has 0 radical (unpaired) electrons. The maximum absolute atomic E-state index is 7.08. The normalized spacial score (nSPS) is 2.00. The number of hydrogen-bond acceptors (Lipinski definition) is 0. The molecule has 0 aromatic heterocycles. The van der Waals surface area contributed by atoms with Gasteiger partial charge in [-0.15, -0.1) is 0 Å². The van der Waals surface area contributed by atoms with E-state index in [-0.39, 0.29) is 4.70 Å². The second-order valence-electron chi connectivity index (χ2n) is 0.141. The van der Waals surface area contributed by atoms with E-state index in [2.05, 4.69) is 11.5 Å². The van der Waals surface area contributed by atoms with Crippen molar-refractivity contribution >= 4 is 6.72 Å². The van der Waals surface area contributed by atoms with Crippen molar-refractivity contribution in [3.05, 3.63) is 5.53 Å². The van der Waals surface area contributed by atoms with Gasteiger partial charge in [0.05, 0.1) is 0 Å². The molecule has 3 heteroatoms. The minimum Gasteiger partial charge on any atom is -0.362 e. The van der Waals surface area contributed by atoms with Gasteiger partial charge in [-0.05, 0) is 0 Å². The van der Waals surface area contributed by atoms with Crippen molar-refractivity contribution in [3.63, 3.8) is 0 Å². The minimum absolute atomic E-state index is 0. The van der Waals surface area contributed by atoms with Crippen LogP contribution in [0.15, 0.2) is 0 Å². The highest BCUT2D eigenvalue weighted by atomic mass is 19.0. The predicted octanol–water partition coefficient (Wildman–Crippen LogP) is 0.0693. The molecule has 0 spiro atoms. The molecule has 4 heavy (non-hydrogen) atoms. The van der Waals surface area contributed by atoms with Crippen LogP contribution < -0.4 is 0 Å². The first-order chi connectivity index (χ1) is 1.41. The zero-order valence-electron chi connectivity index (χ0n) is 2.01. The fraction of sp³-hybridized carbons (Fsp3) is 0. The van der Waals surface area contributed by atoms with Gasteiger partial charge in [-0.3, -0.25) is 4.70 Å². The Morgan fingerprint density at radius 1 is 1.75 bits per heavy atom. The summed E-state index contributed by atoms with van der Waals surface area (Å²) in [6.07, 6.45) is 0. The lowest BCUT2D eigenvalue weighted by atomic mass is 11.8. The SMILES string of the molecule is C=[N+]=[N-].F. The Labute approximate surface area is 23.1 Å². The number of halogens is 1. The van der Waals surface area contributed by atoms with Gasteiger partial charge in [-0.2, -0.15) is 4.79 Å². The zero-order valence-corrected chi connectivity index (χ0v) is 2.01. The van der Waals surface area contributed by atoms with Gasteiger partial charge in [0.25, 0.3) is 0 Å². The second kappa shape index (κ2) is 41.3. The molecule has 0 N–H and O–H groups in total. The summed E-state index contributed by atoms with van der Waals surface area (Å²) in [6.45, 7) is 2.67. The molecular weight excluding hydrogens is 59.0 g/mol. The average Bonchev–Trinajstić information content (AvgIpc) is 0.918. The highest BCUT2D eigenvalue weighted by Crippen LogP contribution is 0.902. The molecule has 0 fully saturated rings. The lowest BCUT2D eigenvalue weighted by molar-refractivity contribution is 0.0110. The van der Waals surface area contributed by atoms with Crippen molar-refractivity contribution in [2.45, 2.75) is 0 Å². The molecule has 0 heterocycles. The third kappa shape index (κ3) is 0.264. The summed E-state index contributed by atoms with van der Waals surface area (Å²) in [5.41, 5.74) is 7.08. The Morgan fingerprint density at radius 3 is 1.75 bits per heavy atom. The maximum Gasteiger partial charge on any atom is 0.245 e. The average molecular weight is 62.0 g/mol. The predicted molar refractivity (Wildman–Crippen MR) is 13.2 cm³/mol. The topological polar surface area (TPSA) is 36.4 Å². The molecule has 0 bridgehead atoms. The standard InChI is InChI=1S/CH2N2.FH/c1-3-2;/h1H2;1H. The lowest BCUT2D eigenvalue weighted by Crippen LogP contribution is -1.21. The van der Waals surface area contributed by atoms with E-state index in [0.29, 0.717) is 0 Å². The summed E-state index contributed by atoms with van der Waals surface area (Å²) in [5, 5.41) is 0. The summed E-state index contributed by atoms with van der Waals surface area (Å²) in [5.74, 6) is 0. The zero-order chi connectivity index (χ0) is 2.71. The molecule has 0 unspecified atom stereocenters. The van der Waals surface area contributed by atoms with Crippen molar-refractivity contribution in [2.24, 2.45) is 0 Å². The van der Waals surface area contributed by atoms with Crippen molar-refractivity contribution in [3.8, 4) is 0 Å². The molecule has 2 nitrogen and oxygen atoms in total. The van der Waals surface area contributed by atoms with Crippen LogP contribution in [0.4, 0.5) is 4.70 Å². The largest absolute Gasteiger partial charge is 0.362 e. The van der Waals surface area contributed by atoms with E-state index in [1.807, 2.05) is 0 Å². The van der Waals surface area contributed by atoms with Crippen LogP contribution >= 0.6 is 0 Å². The number of rotatable bonds is 0. The summed E-state index contributed by atoms with van der Waals surface area (Å²) < 4.78 is 0. The molecule has 0 amide bonds. The Kier molecular flexibility index (Phi) is 106. The first kappa shape index (κ1) is 10.3. The van der Waals surface area contributed by atoms with Crippen LogP contribution in [0.5, 0.6) is 0 Å². The highest BCUT2D eigenvalue weighted by molar-refractivity contribution is 5.12. The monoisotopic (exact) mass is 62.0 g/mol. The van der Waals surface area contributed by atoms with Gasteiger partial charge < -0.3 is 5.53 Å². The van der Waals surface area contributed by atoms with Crippen LogP contribution in [-0.4, -0.2) is 11.5 Å². The Balaban J connectivity index is 0. The van der Waals surface area contributed by atoms with Gasteiger partial charge in [0.1, 0.15) is 0 Å². The molecule has 0 atom stereocenters. The van der Waals surface area contributed by atoms with E-state index in [0.717, 1.165) is 0 Å². The van der Waals surface area contributed by atoms with Gasteiger partial charge >= 0.3 is 0 Å². The number of nitrogens with zero attached hydrogens (tertiary/aromatic N) is 2. The number of hydrogen-bond donors (Lipinski definition) is 0. The Hall–Kier alpha value is -0.690. The smallest absolute Gasteiger partial charge is 0.245 e. The molecular formula is CH3FN2. The summed E-state index contributed by atoms with van der Waals surface area (Å²) in [4.78, 5) is 2.25. The van der Waals surface area contributed by atoms with Crippen molar-refractivity contribution in [1.29, 1.82) is 0 Å². The third-order valence-corrected chi connectivity index (χ3v) is 0. The van der Waals surface area contributed by atoms with Gasteiger partial charge in [0.15, 0.2) is 0 Å². The fourth-order valence-electron chi connectivity index (χ4n) is 0. The molecule has 0 aliphatic carbocycles. The fourth-order valence-corrected chi connectivity index (χ4v) is 0. The molecule has 0 aromatic rings. The van der Waals surface area contributed by atoms with Crippen molar-refractivity contribution < 1.29 is 9.49 Å². The summed E-state index contributed by atoms with van der Waals surface area (Å²) in [6, 6.07) is 0. The maximum atomic E-state index is 7.08. The Bertz CT molecular complexity index is 27.0. The van der Waals surface area contributed by atoms with E-state index >= 15 is 0 Å². The van der Waals surface area contributed by atoms with Crippen LogP contribution in [0.2, 0.25) is 0 Å². The molecule has 0 saturated heterocycles. The van der Waals surface area contributed by atoms with Crippen molar-refractivity contribution in [2.75, 3.05) is 0 Å². The van der Waals surface area contributed by atoms with E-state index in [9.17, 15) is 0 Å². The minimum atomic E-state index is 0. The molecule has 0 rings (SSSR count). The van der Waals surface area contributed by atoms with Crippen LogP contribution in [0.1, 0.15) is 0 Å². The van der Waals surface area contributed by atoms with Crippen LogP contribution in [0.3, 0.4) is 0 Å². The summed E-state index contributed by atoms with van der Waals surface area (Å²) >= 11 is 0. The second-order valence-corrected chi connectivity index (χ2v) is 0.141. The Morgan fingerprint density at radius 2 is 1.75 bits per heavy atom. The molecule has 0 aromatic carbocycles. The van der Waals surface area contributed by atoms with E-state index in [1.165, 1.54) is 0 Å². The van der Waals surface area contributed by atoms with Crippen LogP contribution in [-0.2, 0) is 0 Å². The quantitative estimate of drug-likeness (QED) is 0.216. The molecule has 0 saturated carbocycles. The summed E-state index contributed by atoms with van der Waals surface area (Å²) in [7, 11) is 0. The first-order valence-corrected chi connectivity index (χ1v) is 0.516. The van der Waals surface area contributed by atoms with Crippen LogP contribution in [0, 0.1) is 0 Å². The first-order valence-electron chi connectivity index (χ1n) is 0.516. The molecule has 24 valence electrons. The van der Waals surface area contributed by atoms with Gasteiger partial charge in [-0.1, -0.05) is 0 Å². The van der Waals surface area contributed by atoms with E-state index in [1.54, 1.807) is 0 Å².